The molecule has 1 aliphatic heterocycles. The zero-order valence-corrected chi connectivity index (χ0v) is 10.5. The van der Waals surface area contributed by atoms with Gasteiger partial charge in [-0.25, -0.2) is 4.79 Å². The maximum atomic E-state index is 11.9. The van der Waals surface area contributed by atoms with Crippen LogP contribution in [0.3, 0.4) is 0 Å². The Morgan fingerprint density at radius 3 is 2.59 bits per heavy atom. The predicted molar refractivity (Wildman–Crippen MR) is 64.7 cm³/mol. The zero-order chi connectivity index (χ0) is 12.8. The molecule has 3 N–H and O–H groups in total. The SMILES string of the molecule is CC(C)C[C@@H](NC(=O)[C@H]1CCCCN1)C(=O)O. The number of nitrogens with one attached hydrogen (secondary N) is 2. The first-order chi connectivity index (χ1) is 8.00. The molecule has 1 rings (SSSR count). The summed E-state index contributed by atoms with van der Waals surface area (Å²) in [5.74, 6) is -0.892. The van der Waals surface area contributed by atoms with Crippen LogP contribution in [0, 0.1) is 5.92 Å². The van der Waals surface area contributed by atoms with E-state index in [0.717, 1.165) is 25.8 Å². The number of carboxylic acids is 1. The Morgan fingerprint density at radius 1 is 1.41 bits per heavy atom. The highest BCUT2D eigenvalue weighted by molar-refractivity contribution is 5.86. The van der Waals surface area contributed by atoms with E-state index >= 15 is 0 Å². The van der Waals surface area contributed by atoms with Crippen molar-refractivity contribution < 1.29 is 14.7 Å². The van der Waals surface area contributed by atoms with Gasteiger partial charge in [-0.1, -0.05) is 20.3 Å². The number of carbonyl (C=O) groups is 2. The van der Waals surface area contributed by atoms with Crippen molar-refractivity contribution in [2.45, 2.75) is 51.6 Å². The number of carbonyl (C=O) groups excluding carboxylic acids is 1. The number of piperidine rings is 1. The van der Waals surface area contributed by atoms with Crippen LogP contribution in [0.5, 0.6) is 0 Å². The van der Waals surface area contributed by atoms with E-state index in [1.165, 1.54) is 0 Å². The zero-order valence-electron chi connectivity index (χ0n) is 10.5. The quantitative estimate of drug-likeness (QED) is 0.664. The highest BCUT2D eigenvalue weighted by Crippen LogP contribution is 2.09. The Kier molecular flexibility index (Phi) is 5.41. The third-order valence-corrected chi connectivity index (χ3v) is 2.95. The predicted octanol–water partition coefficient (Wildman–Crippen LogP) is 0.744. The number of amides is 1. The van der Waals surface area contributed by atoms with Gasteiger partial charge in [0, 0.05) is 0 Å². The molecule has 2 atom stereocenters. The third-order valence-electron chi connectivity index (χ3n) is 2.95. The molecule has 0 unspecified atom stereocenters. The minimum Gasteiger partial charge on any atom is -0.480 e. The molecule has 1 heterocycles. The van der Waals surface area contributed by atoms with Gasteiger partial charge in [-0.3, -0.25) is 4.79 Å². The van der Waals surface area contributed by atoms with Crippen molar-refractivity contribution in [2.75, 3.05) is 6.54 Å². The molecule has 5 heteroatoms. The van der Waals surface area contributed by atoms with Gasteiger partial charge < -0.3 is 15.7 Å². The van der Waals surface area contributed by atoms with Crippen molar-refractivity contribution in [1.82, 2.24) is 10.6 Å². The van der Waals surface area contributed by atoms with Gasteiger partial charge >= 0.3 is 5.97 Å². The van der Waals surface area contributed by atoms with Crippen LogP contribution in [-0.2, 0) is 9.59 Å². The van der Waals surface area contributed by atoms with Crippen LogP contribution in [0.4, 0.5) is 0 Å². The fourth-order valence-electron chi connectivity index (χ4n) is 2.04. The van der Waals surface area contributed by atoms with Gasteiger partial charge in [-0.15, -0.1) is 0 Å². The van der Waals surface area contributed by atoms with Crippen LogP contribution < -0.4 is 10.6 Å². The van der Waals surface area contributed by atoms with Gasteiger partial charge in [0.1, 0.15) is 6.04 Å². The molecule has 0 bridgehead atoms. The van der Waals surface area contributed by atoms with Crippen molar-refractivity contribution in [3.63, 3.8) is 0 Å². The standard InChI is InChI=1S/C12H22N2O3/c1-8(2)7-10(12(16)17)14-11(15)9-5-3-4-6-13-9/h8-10,13H,3-7H2,1-2H3,(H,14,15)(H,16,17)/t9-,10-/m1/s1. The number of hydrogen-bond acceptors (Lipinski definition) is 3. The number of hydrogen-bond donors (Lipinski definition) is 3. The van der Waals surface area contributed by atoms with Gasteiger partial charge in [0.25, 0.3) is 0 Å². The summed E-state index contributed by atoms with van der Waals surface area (Å²) in [6.45, 7) is 4.72. The summed E-state index contributed by atoms with van der Waals surface area (Å²) in [5.41, 5.74) is 0. The smallest absolute Gasteiger partial charge is 0.326 e. The fraction of sp³-hybridized carbons (Fsp3) is 0.833. The third kappa shape index (κ3) is 4.73. The van der Waals surface area contributed by atoms with Crippen molar-refractivity contribution in [3.8, 4) is 0 Å². The molecule has 0 saturated carbocycles. The Bertz CT molecular complexity index is 273. The van der Waals surface area contributed by atoms with E-state index < -0.39 is 12.0 Å². The molecule has 1 amide bonds. The van der Waals surface area contributed by atoms with E-state index in [4.69, 9.17) is 5.11 Å². The number of carboxylic acid groups (broad SMARTS) is 1. The second-order valence-corrected chi connectivity index (χ2v) is 5.03. The lowest BCUT2D eigenvalue weighted by Gasteiger charge is -2.25. The first-order valence-corrected chi connectivity index (χ1v) is 6.27. The van der Waals surface area contributed by atoms with E-state index in [0.29, 0.717) is 6.42 Å². The summed E-state index contributed by atoms with van der Waals surface area (Å²) < 4.78 is 0. The number of aliphatic carboxylic acids is 1. The van der Waals surface area contributed by atoms with Gasteiger partial charge in [0.05, 0.1) is 6.04 Å². The molecule has 1 aliphatic rings. The van der Waals surface area contributed by atoms with Gasteiger partial charge in [0.15, 0.2) is 0 Å². The molecule has 0 aromatic rings. The summed E-state index contributed by atoms with van der Waals surface area (Å²) in [6, 6.07) is -0.996. The molecule has 1 saturated heterocycles. The van der Waals surface area contributed by atoms with Crippen LogP contribution in [0.2, 0.25) is 0 Å². The molecule has 5 nitrogen and oxygen atoms in total. The molecular weight excluding hydrogens is 220 g/mol. The fourth-order valence-corrected chi connectivity index (χ4v) is 2.04. The highest BCUT2D eigenvalue weighted by Gasteiger charge is 2.26. The minimum atomic E-state index is -0.956. The molecule has 0 radical (unpaired) electrons. The van der Waals surface area contributed by atoms with Crippen LogP contribution in [0.25, 0.3) is 0 Å². The van der Waals surface area contributed by atoms with Crippen molar-refractivity contribution >= 4 is 11.9 Å². The maximum Gasteiger partial charge on any atom is 0.326 e. The summed E-state index contributed by atoms with van der Waals surface area (Å²) in [7, 11) is 0. The Balaban J connectivity index is 2.47. The Morgan fingerprint density at radius 2 is 2.12 bits per heavy atom. The van der Waals surface area contributed by atoms with E-state index in [1.54, 1.807) is 0 Å². The molecule has 0 aromatic heterocycles. The molecule has 1 fully saturated rings. The first kappa shape index (κ1) is 14.0. The molecule has 0 aromatic carbocycles. The lowest BCUT2D eigenvalue weighted by atomic mass is 10.0. The Hall–Kier alpha value is -1.10. The minimum absolute atomic E-state index is 0.183. The van der Waals surface area contributed by atoms with Gasteiger partial charge in [-0.05, 0) is 31.7 Å². The van der Waals surface area contributed by atoms with E-state index in [2.05, 4.69) is 10.6 Å². The highest BCUT2D eigenvalue weighted by atomic mass is 16.4. The van der Waals surface area contributed by atoms with Crippen molar-refractivity contribution in [2.24, 2.45) is 5.92 Å². The average molecular weight is 242 g/mol. The van der Waals surface area contributed by atoms with Gasteiger partial charge in [0.2, 0.25) is 5.91 Å². The van der Waals surface area contributed by atoms with Crippen LogP contribution >= 0.6 is 0 Å². The van der Waals surface area contributed by atoms with Crippen LogP contribution in [-0.4, -0.2) is 35.6 Å². The molecular formula is C12H22N2O3. The van der Waals surface area contributed by atoms with Crippen LogP contribution in [0.15, 0.2) is 0 Å². The average Bonchev–Trinajstić information content (AvgIpc) is 2.28. The summed E-state index contributed by atoms with van der Waals surface area (Å²) in [6.07, 6.45) is 3.36. The van der Waals surface area contributed by atoms with Crippen LogP contribution in [0.1, 0.15) is 39.5 Å². The van der Waals surface area contributed by atoms with E-state index in [9.17, 15) is 9.59 Å². The number of rotatable bonds is 5. The lowest BCUT2D eigenvalue weighted by molar-refractivity contribution is -0.142. The monoisotopic (exact) mass is 242 g/mol. The topological polar surface area (TPSA) is 78.4 Å². The second kappa shape index (κ2) is 6.59. The summed E-state index contributed by atoms with van der Waals surface area (Å²) in [5, 5.41) is 14.8. The van der Waals surface area contributed by atoms with E-state index in [1.807, 2.05) is 13.8 Å². The molecule has 0 aliphatic carbocycles. The lowest BCUT2D eigenvalue weighted by Crippen LogP contribution is -2.51. The first-order valence-electron chi connectivity index (χ1n) is 6.27. The molecule has 17 heavy (non-hydrogen) atoms. The van der Waals surface area contributed by atoms with E-state index in [-0.39, 0.29) is 17.9 Å². The van der Waals surface area contributed by atoms with Crippen molar-refractivity contribution in [1.29, 1.82) is 0 Å². The largest absolute Gasteiger partial charge is 0.480 e. The normalized spacial score (nSPS) is 22.2. The maximum absolute atomic E-state index is 11.9. The summed E-state index contributed by atoms with van der Waals surface area (Å²) in [4.78, 5) is 22.9. The molecule has 0 spiro atoms. The van der Waals surface area contributed by atoms with Crippen molar-refractivity contribution in [3.05, 3.63) is 0 Å². The second-order valence-electron chi connectivity index (χ2n) is 5.03. The summed E-state index contributed by atoms with van der Waals surface area (Å²) >= 11 is 0. The Labute approximate surface area is 102 Å². The van der Waals surface area contributed by atoms with Gasteiger partial charge in [-0.2, -0.15) is 0 Å². The molecule has 98 valence electrons.